The molecule has 8 rings (SSSR count). The van der Waals surface area contributed by atoms with Crippen LogP contribution in [0, 0.1) is 0 Å². The first kappa shape index (κ1) is 36.3. The Morgan fingerprint density at radius 1 is 0.463 bits per heavy atom. The zero-order valence-corrected chi connectivity index (χ0v) is 31.9. The van der Waals surface area contributed by atoms with E-state index in [1.807, 2.05) is 68.4 Å². The second kappa shape index (κ2) is 15.5. The van der Waals surface area contributed by atoms with E-state index < -0.39 is 7.26 Å². The molecule has 1 aliphatic rings. The van der Waals surface area contributed by atoms with Crippen molar-refractivity contribution < 1.29 is 15.8 Å². The van der Waals surface area contributed by atoms with Crippen LogP contribution in [-0.4, -0.2) is 11.8 Å². The Morgan fingerprint density at radius 3 is 1.44 bits per heavy atom. The quantitative estimate of drug-likeness (QED) is 0.110. The van der Waals surface area contributed by atoms with E-state index in [0.29, 0.717) is 28.3 Å². The molecule has 0 bridgehead atoms. The number of rotatable bonds is 9. The molecule has 0 fully saturated rings. The predicted molar refractivity (Wildman–Crippen MR) is 226 cm³/mol. The van der Waals surface area contributed by atoms with Crippen molar-refractivity contribution in [1.82, 2.24) is 0 Å². The average Bonchev–Trinajstić information content (AvgIpc) is 3.48. The molecule has 7 aromatic carbocycles. The summed E-state index contributed by atoms with van der Waals surface area (Å²) in [6, 6.07) is 63.1. The molecule has 0 unspecified atom stereocenters. The number of imide groups is 1. The smallest absolute Gasteiger partial charge is 0.266 e. The molecule has 4 nitrogen and oxygen atoms in total. The van der Waals surface area contributed by atoms with Gasteiger partial charge in [-0.05, 0) is 90.0 Å². The minimum absolute atomic E-state index is 0. The van der Waals surface area contributed by atoms with Gasteiger partial charge in [-0.25, -0.2) is 4.90 Å². The van der Waals surface area contributed by atoms with Crippen LogP contribution in [0.15, 0.2) is 188 Å². The van der Waals surface area contributed by atoms with Crippen LogP contribution in [0.25, 0.3) is 0 Å². The van der Waals surface area contributed by atoms with Crippen LogP contribution in [0.5, 0.6) is 11.5 Å². The van der Waals surface area contributed by atoms with Crippen molar-refractivity contribution in [1.29, 1.82) is 0 Å². The standard InChI is InChI=1S/C47H37NO3P.C2H6.H/c1-47(2,34-16-7-3-8-17-34)35-26-28-37(29-27-35)51-38-30-31-43-44(33-38)46(50)48(45(43)49)36-18-15-25-42(32-36)52(39-19-9-4-10-20-39,40-21-11-5-12-22-40)41-23-13-6-14-24-41;1-2;/h3-33H,1-2H3;1-2H3;/q+1;;-1/i;;1+2. The zero-order valence-electron chi connectivity index (χ0n) is 32.0. The van der Waals surface area contributed by atoms with Crippen LogP contribution in [-0.2, 0) is 5.41 Å². The van der Waals surface area contributed by atoms with Crippen molar-refractivity contribution in [2.24, 2.45) is 0 Å². The molecule has 5 heteroatoms. The lowest BCUT2D eigenvalue weighted by Gasteiger charge is -2.28. The van der Waals surface area contributed by atoms with Gasteiger partial charge in [0.25, 0.3) is 11.8 Å². The molecule has 0 spiro atoms. The van der Waals surface area contributed by atoms with Gasteiger partial charge < -0.3 is 6.16 Å². The van der Waals surface area contributed by atoms with Gasteiger partial charge in [0.2, 0.25) is 0 Å². The van der Waals surface area contributed by atoms with E-state index in [9.17, 15) is 9.59 Å². The van der Waals surface area contributed by atoms with Crippen molar-refractivity contribution in [2.45, 2.75) is 33.1 Å². The number of anilines is 1. The molecule has 1 aliphatic heterocycles. The lowest BCUT2D eigenvalue weighted by molar-refractivity contribution is 0.0926. The molecule has 0 saturated heterocycles. The maximum absolute atomic E-state index is 14.1. The van der Waals surface area contributed by atoms with Crippen molar-refractivity contribution in [3.8, 4) is 11.5 Å². The monoisotopic (exact) mass is 727 g/mol. The molecule has 0 saturated carbocycles. The van der Waals surface area contributed by atoms with Gasteiger partial charge in [0.1, 0.15) is 40.0 Å². The summed E-state index contributed by atoms with van der Waals surface area (Å²) in [7, 11) is -2.43. The maximum Gasteiger partial charge on any atom is 0.266 e. The molecule has 0 N–H and O–H groups in total. The van der Waals surface area contributed by atoms with E-state index in [0.717, 1.165) is 10.9 Å². The third kappa shape index (κ3) is 6.55. The Labute approximate surface area is 320 Å². The molecule has 54 heavy (non-hydrogen) atoms. The SMILES string of the molecule is CC.CC(C)(c1ccccc1)c1ccc(Oc2ccc3c(c2)C(=O)N(c2cccc([P+](c4ccccc4)(c4ccccc4)c4ccccc4)c2)C3=O)cc1.[3H-]. The molecule has 0 aliphatic carbocycles. The number of benzene rings is 7. The van der Waals surface area contributed by atoms with Gasteiger partial charge in [0, 0.05) is 11.5 Å². The van der Waals surface area contributed by atoms with Gasteiger partial charge in [-0.3, -0.25) is 9.59 Å². The van der Waals surface area contributed by atoms with Crippen molar-refractivity contribution >= 4 is 46.0 Å². The highest BCUT2D eigenvalue weighted by molar-refractivity contribution is 8.01. The van der Waals surface area contributed by atoms with Crippen LogP contribution in [0.2, 0.25) is 0 Å². The summed E-state index contributed by atoms with van der Waals surface area (Å²) in [5, 5.41) is 4.61. The largest absolute Gasteiger partial charge is 1.00 e. The van der Waals surface area contributed by atoms with Gasteiger partial charge >= 0.3 is 0 Å². The summed E-state index contributed by atoms with van der Waals surface area (Å²) in [6.07, 6.45) is 0. The zero-order chi connectivity index (χ0) is 37.7. The lowest BCUT2D eigenvalue weighted by atomic mass is 9.78. The highest BCUT2D eigenvalue weighted by atomic mass is 31.2. The third-order valence-corrected chi connectivity index (χ3v) is 14.3. The first-order valence-corrected chi connectivity index (χ1v) is 20.2. The molecule has 7 aromatic rings. The normalized spacial score (nSPS) is 12.5. The van der Waals surface area contributed by atoms with Gasteiger partial charge in [-0.15, -0.1) is 0 Å². The van der Waals surface area contributed by atoms with E-state index in [4.69, 9.17) is 4.74 Å². The number of fused-ring (bicyclic) bond motifs is 1. The van der Waals surface area contributed by atoms with E-state index in [-0.39, 0.29) is 18.7 Å². The van der Waals surface area contributed by atoms with Gasteiger partial charge in [0.15, 0.2) is 0 Å². The van der Waals surface area contributed by atoms with Crippen LogP contribution in [0.4, 0.5) is 5.69 Å². The number of nitrogens with zero attached hydrogens (tertiary/aromatic N) is 1. The van der Waals surface area contributed by atoms with Crippen LogP contribution in [0.1, 0.15) is 61.0 Å². The first-order chi connectivity index (χ1) is 26.4. The third-order valence-electron chi connectivity index (χ3n) is 10.1. The van der Waals surface area contributed by atoms with Crippen LogP contribution in [0.3, 0.4) is 0 Å². The molecular weight excluding hydrogens is 682 g/mol. The summed E-state index contributed by atoms with van der Waals surface area (Å²) in [5.74, 6) is 0.426. The minimum atomic E-state index is -2.43. The van der Waals surface area contributed by atoms with Gasteiger partial charge in [-0.1, -0.05) is 131 Å². The number of hydrogen-bond acceptors (Lipinski definition) is 3. The number of hydrogen-bond donors (Lipinski definition) is 0. The molecule has 0 atom stereocenters. The second-order valence-corrected chi connectivity index (χ2v) is 16.9. The minimum Gasteiger partial charge on any atom is -1.00 e. The number of ether oxygens (including phenoxy) is 1. The van der Waals surface area contributed by atoms with E-state index in [1.54, 1.807) is 18.2 Å². The Morgan fingerprint density at radius 2 is 0.907 bits per heavy atom. The molecule has 1 heterocycles. The molecule has 2 amide bonds. The Kier molecular flexibility index (Phi) is 10.4. The molecule has 268 valence electrons. The van der Waals surface area contributed by atoms with Crippen molar-refractivity contribution in [3.05, 3.63) is 210 Å². The fourth-order valence-electron chi connectivity index (χ4n) is 7.31. The summed E-state index contributed by atoms with van der Waals surface area (Å²) in [4.78, 5) is 29.4. The van der Waals surface area contributed by atoms with Crippen molar-refractivity contribution in [3.63, 3.8) is 0 Å². The summed E-state index contributed by atoms with van der Waals surface area (Å²) >= 11 is 0. The highest BCUT2D eigenvalue weighted by Gasteiger charge is 2.48. The van der Waals surface area contributed by atoms with E-state index in [2.05, 4.69) is 129 Å². The average molecular weight is 728 g/mol. The Bertz CT molecular complexity index is 2290. The Hall–Kier alpha value is -6.09. The number of carbonyl (C=O) groups excluding carboxylic acids is 2. The molecule has 0 aromatic heterocycles. The molecule has 0 radical (unpaired) electrons. The van der Waals surface area contributed by atoms with Gasteiger partial charge in [-0.2, -0.15) is 0 Å². The summed E-state index contributed by atoms with van der Waals surface area (Å²) < 4.78 is 6.23. The van der Waals surface area contributed by atoms with Gasteiger partial charge in [0.05, 0.1) is 16.8 Å². The maximum atomic E-state index is 14.1. The number of amides is 2. The Balaban J connectivity index is 0.00000169. The topological polar surface area (TPSA) is 46.6 Å². The predicted octanol–water partition coefficient (Wildman–Crippen LogP) is 10.4. The number of carbonyl (C=O) groups is 2. The highest BCUT2D eigenvalue weighted by Crippen LogP contribution is 2.54. The second-order valence-electron chi connectivity index (χ2n) is 13.5. The molecular formula is C49H44NO3P. The fraction of sp³-hybridized carbons (Fsp3) is 0.102. The van der Waals surface area contributed by atoms with Crippen molar-refractivity contribution in [2.75, 3.05) is 4.90 Å². The fourth-order valence-corrected chi connectivity index (χ4v) is 11.6. The van der Waals surface area contributed by atoms with Crippen LogP contribution >= 0.6 is 7.26 Å². The first-order valence-electron chi connectivity index (χ1n) is 18.4. The lowest BCUT2D eigenvalue weighted by Crippen LogP contribution is -2.39. The van der Waals surface area contributed by atoms with Crippen LogP contribution < -0.4 is 30.9 Å². The summed E-state index contributed by atoms with van der Waals surface area (Å²) in [6.45, 7) is 8.41. The van der Waals surface area contributed by atoms with E-state index >= 15 is 0 Å². The van der Waals surface area contributed by atoms with E-state index in [1.165, 1.54) is 26.4 Å². The summed E-state index contributed by atoms with van der Waals surface area (Å²) in [5.41, 5.74) is 3.44.